The lowest BCUT2D eigenvalue weighted by Gasteiger charge is -3.09. The Morgan fingerprint density at radius 1 is 0.500 bits per heavy atom. The van der Waals surface area contributed by atoms with Gasteiger partial charge in [0, 0.05) is 16.2 Å². The standard InChI is InChI=1S/C25H22Si/c1-26(2,3)9-8-25-20-17-21(25)19-22(25)18(20)24(17,19)7-5-4-6-23-14-11-10-12(14)16(23)13(10)15(11)23/h10-22H,1-3H3. The fraction of sp³-hybridized carbons (Fsp3) is 0.760. The molecule has 12 rings (SSSR count). The third-order valence-electron chi connectivity index (χ3n) is 12.4. The first-order valence-electron chi connectivity index (χ1n) is 11.1. The maximum Gasteiger partial charge on any atom is 0.129 e. The average molecular weight is 351 g/mol. The lowest BCUT2D eigenvalue weighted by atomic mass is 8.92. The molecule has 12 aliphatic carbocycles. The third-order valence-corrected chi connectivity index (χ3v) is 13.3. The predicted molar refractivity (Wildman–Crippen MR) is 99.3 cm³/mol. The molecule has 0 unspecified atom stereocenters. The Kier molecular flexibility index (Phi) is 1.29. The summed E-state index contributed by atoms with van der Waals surface area (Å²) in [5, 5.41) is 0. The first-order chi connectivity index (χ1) is 12.5. The van der Waals surface area contributed by atoms with Gasteiger partial charge in [-0.3, -0.25) is 0 Å². The van der Waals surface area contributed by atoms with Crippen LogP contribution in [0.4, 0.5) is 0 Å². The van der Waals surface area contributed by atoms with Gasteiger partial charge in [0.15, 0.2) is 0 Å². The van der Waals surface area contributed by atoms with E-state index in [1.807, 2.05) is 0 Å². The Balaban J connectivity index is 0.937. The minimum atomic E-state index is -1.22. The van der Waals surface area contributed by atoms with Crippen molar-refractivity contribution in [2.45, 2.75) is 19.6 Å². The van der Waals surface area contributed by atoms with E-state index in [9.17, 15) is 0 Å². The molecule has 26 heavy (non-hydrogen) atoms. The summed E-state index contributed by atoms with van der Waals surface area (Å²) in [7, 11) is -1.22. The molecule has 12 saturated carbocycles. The highest BCUT2D eigenvalue weighted by atomic mass is 28.3. The number of rotatable bonds is 0. The Bertz CT molecular complexity index is 1010. The van der Waals surface area contributed by atoms with Crippen LogP contribution in [0.2, 0.25) is 19.6 Å². The molecule has 0 bridgehead atoms. The molecule has 0 aromatic rings. The minimum absolute atomic E-state index is 0.462. The van der Waals surface area contributed by atoms with E-state index < -0.39 is 8.07 Å². The predicted octanol–water partition coefficient (Wildman–Crippen LogP) is 2.98. The smallest absolute Gasteiger partial charge is 0.129 e. The quantitative estimate of drug-likeness (QED) is 0.465. The van der Waals surface area contributed by atoms with E-state index in [4.69, 9.17) is 0 Å². The van der Waals surface area contributed by atoms with Crippen LogP contribution in [0.3, 0.4) is 0 Å². The zero-order valence-corrected chi connectivity index (χ0v) is 16.5. The number of hydrogen-bond donors (Lipinski definition) is 0. The summed E-state index contributed by atoms with van der Waals surface area (Å²) in [6.07, 6.45) is 0. The van der Waals surface area contributed by atoms with Crippen molar-refractivity contribution < 1.29 is 0 Å². The molecule has 12 fully saturated rings. The fourth-order valence-corrected chi connectivity index (χ4v) is 12.9. The van der Waals surface area contributed by atoms with E-state index in [1.165, 1.54) is 5.92 Å². The molecule has 0 N–H and O–H groups in total. The second-order valence-electron chi connectivity index (χ2n) is 12.8. The molecule has 0 atom stereocenters. The van der Waals surface area contributed by atoms with Crippen LogP contribution in [0.1, 0.15) is 0 Å². The van der Waals surface area contributed by atoms with Gasteiger partial charge in [0.1, 0.15) is 8.07 Å². The maximum atomic E-state index is 3.84. The first kappa shape index (κ1) is 12.4. The monoisotopic (exact) mass is 350 g/mol. The van der Waals surface area contributed by atoms with Crippen LogP contribution < -0.4 is 0 Å². The topological polar surface area (TPSA) is 0 Å². The summed E-state index contributed by atoms with van der Waals surface area (Å²) >= 11 is 0. The highest BCUT2D eigenvalue weighted by Gasteiger charge is 3.10. The van der Waals surface area contributed by atoms with Gasteiger partial charge in [-0.25, -0.2) is 0 Å². The van der Waals surface area contributed by atoms with Crippen LogP contribution in [0.15, 0.2) is 0 Å². The van der Waals surface area contributed by atoms with Crippen LogP contribution in [-0.2, 0) is 0 Å². The minimum Gasteiger partial charge on any atom is -0.131 e. The van der Waals surface area contributed by atoms with Crippen molar-refractivity contribution in [2.75, 3.05) is 0 Å². The molecule has 0 aromatic heterocycles. The molecular formula is C25H22Si. The second kappa shape index (κ2) is 2.72. The SMILES string of the molecule is C[Si](C)(C)C#CC12C3C4C1C1C2C3C41C#CC#CC12C3C4C5C3C1C5C42. The lowest BCUT2D eigenvalue weighted by Crippen LogP contribution is -3.09. The van der Waals surface area contributed by atoms with Crippen molar-refractivity contribution in [2.24, 2.45) is 93.2 Å². The summed E-state index contributed by atoms with van der Waals surface area (Å²) in [5.41, 5.74) is 5.23. The maximum absolute atomic E-state index is 3.84. The normalized spacial score (nSPS) is 79.3. The first-order valence-corrected chi connectivity index (χ1v) is 14.6. The van der Waals surface area contributed by atoms with Crippen molar-refractivity contribution in [3.63, 3.8) is 0 Å². The van der Waals surface area contributed by atoms with Gasteiger partial charge in [-0.2, -0.15) is 0 Å². The van der Waals surface area contributed by atoms with E-state index in [0.717, 1.165) is 71.0 Å². The van der Waals surface area contributed by atoms with Gasteiger partial charge in [-0.1, -0.05) is 31.5 Å². The van der Waals surface area contributed by atoms with Gasteiger partial charge in [0.2, 0.25) is 0 Å². The van der Waals surface area contributed by atoms with Crippen LogP contribution in [0.25, 0.3) is 0 Å². The molecule has 0 saturated heterocycles. The summed E-state index contributed by atoms with van der Waals surface area (Å²) in [6.45, 7) is 7.16. The van der Waals surface area contributed by atoms with E-state index in [0.29, 0.717) is 16.2 Å². The highest BCUT2D eigenvalue weighted by Crippen LogP contribution is 3.10. The molecule has 12 aliphatic rings. The van der Waals surface area contributed by atoms with Crippen molar-refractivity contribution in [1.29, 1.82) is 0 Å². The molecule has 0 spiro atoms. The molecule has 126 valence electrons. The molecule has 0 aromatic carbocycles. The number of hydrogen-bond acceptors (Lipinski definition) is 0. The zero-order valence-electron chi connectivity index (χ0n) is 15.5. The van der Waals surface area contributed by atoms with Crippen LogP contribution in [-0.4, -0.2) is 8.07 Å². The second-order valence-corrected chi connectivity index (χ2v) is 17.6. The Morgan fingerprint density at radius 2 is 0.885 bits per heavy atom. The zero-order chi connectivity index (χ0) is 16.7. The van der Waals surface area contributed by atoms with Crippen molar-refractivity contribution in [1.82, 2.24) is 0 Å². The van der Waals surface area contributed by atoms with Gasteiger partial charge >= 0.3 is 0 Å². The van der Waals surface area contributed by atoms with E-state index in [1.54, 1.807) is 0 Å². The largest absolute Gasteiger partial charge is 0.131 e. The van der Waals surface area contributed by atoms with Gasteiger partial charge < -0.3 is 0 Å². The van der Waals surface area contributed by atoms with Crippen LogP contribution >= 0.6 is 0 Å². The molecule has 0 aliphatic heterocycles. The van der Waals surface area contributed by atoms with E-state index >= 15 is 0 Å². The van der Waals surface area contributed by atoms with Gasteiger partial charge in [0.25, 0.3) is 0 Å². The fourth-order valence-electron chi connectivity index (χ4n) is 12.3. The molecule has 0 amide bonds. The molecular weight excluding hydrogens is 328 g/mol. The molecule has 0 nitrogen and oxygen atoms in total. The van der Waals surface area contributed by atoms with Crippen molar-refractivity contribution in [3.8, 4) is 35.1 Å². The van der Waals surface area contributed by atoms with Gasteiger partial charge in [-0.15, -0.1) is 11.5 Å². The summed E-state index contributed by atoms with van der Waals surface area (Å²) < 4.78 is 0. The van der Waals surface area contributed by atoms with Crippen LogP contribution in [0, 0.1) is 128 Å². The lowest BCUT2D eigenvalue weighted by molar-refractivity contribution is -0.624. The van der Waals surface area contributed by atoms with Crippen molar-refractivity contribution in [3.05, 3.63) is 0 Å². The highest BCUT2D eigenvalue weighted by molar-refractivity contribution is 6.83. The average Bonchev–Trinajstić information content (AvgIpc) is 2.64. The van der Waals surface area contributed by atoms with Gasteiger partial charge in [0.05, 0.1) is 0 Å². The Hall–Kier alpha value is -1.10. The van der Waals surface area contributed by atoms with Gasteiger partial charge in [-0.05, 0) is 88.8 Å². The molecule has 0 heterocycles. The summed E-state index contributed by atoms with van der Waals surface area (Å²) in [5.74, 6) is 31.6. The van der Waals surface area contributed by atoms with Crippen LogP contribution in [0.5, 0.6) is 0 Å². The van der Waals surface area contributed by atoms with E-state index in [-0.39, 0.29) is 0 Å². The Labute approximate surface area is 156 Å². The van der Waals surface area contributed by atoms with E-state index in [2.05, 4.69) is 54.8 Å². The molecule has 0 radical (unpaired) electrons. The van der Waals surface area contributed by atoms with Crippen molar-refractivity contribution >= 4 is 8.07 Å². The summed E-state index contributed by atoms with van der Waals surface area (Å²) in [6, 6.07) is 0. The third kappa shape index (κ3) is 0.661. The molecule has 1 heteroatoms. The Morgan fingerprint density at radius 3 is 1.31 bits per heavy atom. The summed E-state index contributed by atoms with van der Waals surface area (Å²) in [4.78, 5) is 0.